The van der Waals surface area contributed by atoms with Gasteiger partial charge in [0.1, 0.15) is 5.75 Å². The number of benzene rings is 1. The molecule has 0 aliphatic heterocycles. The molecule has 0 spiro atoms. The molecule has 0 bridgehead atoms. The van der Waals surface area contributed by atoms with Gasteiger partial charge in [-0.3, -0.25) is 4.79 Å². The van der Waals surface area contributed by atoms with Gasteiger partial charge in [-0.1, -0.05) is 23.2 Å². The third-order valence-electron chi connectivity index (χ3n) is 1.53. The summed E-state index contributed by atoms with van der Waals surface area (Å²) >= 11 is 11.4. The van der Waals surface area contributed by atoms with Gasteiger partial charge >= 0.3 is 5.97 Å². The van der Waals surface area contributed by atoms with Crippen LogP contribution in [0.3, 0.4) is 0 Å². The monoisotopic (exact) mass is 248 g/mol. The van der Waals surface area contributed by atoms with Crippen molar-refractivity contribution in [1.29, 1.82) is 0 Å². The number of carbonyl (C=O) groups excluding carboxylic acids is 1. The topological polar surface area (TPSA) is 63.6 Å². The van der Waals surface area contributed by atoms with Gasteiger partial charge in [0.2, 0.25) is 0 Å². The van der Waals surface area contributed by atoms with Gasteiger partial charge in [0.15, 0.2) is 12.9 Å². The Morgan fingerprint density at radius 1 is 1.40 bits per heavy atom. The Balaban J connectivity index is 2.97. The Hall–Kier alpha value is -1.26. The molecule has 1 rings (SSSR count). The van der Waals surface area contributed by atoms with Gasteiger partial charge in [-0.15, -0.1) is 0 Å². The minimum Gasteiger partial charge on any atom is -0.480 e. The van der Waals surface area contributed by atoms with Crippen molar-refractivity contribution < 1.29 is 19.4 Å². The molecule has 1 aromatic rings. The Kier molecular flexibility index (Phi) is 3.94. The summed E-state index contributed by atoms with van der Waals surface area (Å²) in [5.41, 5.74) is 0.196. The van der Waals surface area contributed by atoms with Gasteiger partial charge in [-0.2, -0.15) is 0 Å². The summed E-state index contributed by atoms with van der Waals surface area (Å²) in [6.45, 7) is -0.528. The molecule has 0 atom stereocenters. The number of aldehydes is 1. The smallest absolute Gasteiger partial charge is 0.341 e. The number of carboxylic acids is 1. The first-order valence-corrected chi connectivity index (χ1v) is 4.59. The molecule has 80 valence electrons. The predicted molar refractivity (Wildman–Crippen MR) is 55.0 cm³/mol. The molecule has 0 saturated heterocycles. The fraction of sp³-hybridized carbons (Fsp3) is 0.111. The fourth-order valence-corrected chi connectivity index (χ4v) is 1.37. The van der Waals surface area contributed by atoms with Crippen molar-refractivity contribution in [2.45, 2.75) is 0 Å². The van der Waals surface area contributed by atoms with Gasteiger partial charge in [-0.05, 0) is 12.1 Å². The van der Waals surface area contributed by atoms with Crippen LogP contribution in [0.25, 0.3) is 0 Å². The van der Waals surface area contributed by atoms with Crippen LogP contribution in [0.4, 0.5) is 0 Å². The van der Waals surface area contributed by atoms with E-state index in [2.05, 4.69) is 0 Å². The van der Waals surface area contributed by atoms with E-state index in [1.165, 1.54) is 12.1 Å². The van der Waals surface area contributed by atoms with E-state index in [9.17, 15) is 9.59 Å². The first kappa shape index (κ1) is 11.8. The molecular weight excluding hydrogens is 243 g/mol. The summed E-state index contributed by atoms with van der Waals surface area (Å²) in [6.07, 6.45) is 0.534. The zero-order valence-corrected chi connectivity index (χ0v) is 8.88. The van der Waals surface area contributed by atoms with E-state index >= 15 is 0 Å². The van der Waals surface area contributed by atoms with Gasteiger partial charge in [0, 0.05) is 5.56 Å². The number of ether oxygens (including phenoxy) is 1. The van der Waals surface area contributed by atoms with Gasteiger partial charge < -0.3 is 9.84 Å². The summed E-state index contributed by atoms with van der Waals surface area (Å²) in [4.78, 5) is 20.8. The average Bonchev–Trinajstić information content (AvgIpc) is 2.16. The second kappa shape index (κ2) is 5.00. The van der Waals surface area contributed by atoms with Crippen LogP contribution < -0.4 is 4.74 Å². The molecule has 0 unspecified atom stereocenters. The molecule has 0 amide bonds. The molecule has 0 heterocycles. The van der Waals surface area contributed by atoms with E-state index in [0.29, 0.717) is 6.29 Å². The molecule has 4 nitrogen and oxygen atoms in total. The largest absolute Gasteiger partial charge is 0.480 e. The molecule has 1 N–H and O–H groups in total. The number of carboxylic acid groups (broad SMARTS) is 1. The SMILES string of the molecule is O=Cc1cc(OCC(=O)O)c(Cl)cc1Cl. The minimum atomic E-state index is -1.13. The molecule has 6 heteroatoms. The lowest BCUT2D eigenvalue weighted by Gasteiger charge is -2.07. The Morgan fingerprint density at radius 2 is 2.07 bits per heavy atom. The lowest BCUT2D eigenvalue weighted by Crippen LogP contribution is -2.09. The number of rotatable bonds is 4. The normalized spacial score (nSPS) is 9.73. The summed E-state index contributed by atoms with van der Waals surface area (Å²) in [5, 5.41) is 8.73. The number of aliphatic carboxylic acids is 1. The second-order valence-electron chi connectivity index (χ2n) is 2.60. The average molecular weight is 249 g/mol. The van der Waals surface area contributed by atoms with E-state index < -0.39 is 12.6 Å². The third kappa shape index (κ3) is 3.11. The molecule has 0 saturated carbocycles. The van der Waals surface area contributed by atoms with Crippen LogP contribution in [0.15, 0.2) is 12.1 Å². The number of hydrogen-bond acceptors (Lipinski definition) is 3. The second-order valence-corrected chi connectivity index (χ2v) is 3.42. The van der Waals surface area contributed by atoms with Gasteiger partial charge in [-0.25, -0.2) is 4.79 Å². The van der Waals surface area contributed by atoms with Crippen LogP contribution >= 0.6 is 23.2 Å². The first-order valence-electron chi connectivity index (χ1n) is 3.83. The van der Waals surface area contributed by atoms with Crippen LogP contribution in [0.1, 0.15) is 10.4 Å². The zero-order valence-electron chi connectivity index (χ0n) is 7.37. The van der Waals surface area contributed by atoms with E-state index in [-0.39, 0.29) is 21.4 Å². The molecule has 0 aliphatic rings. The highest BCUT2D eigenvalue weighted by Gasteiger charge is 2.09. The summed E-state index contributed by atoms with van der Waals surface area (Å²) < 4.78 is 4.85. The predicted octanol–water partition coefficient (Wildman–Crippen LogP) is 2.27. The van der Waals surface area contributed by atoms with E-state index in [0.717, 1.165) is 0 Å². The maximum Gasteiger partial charge on any atom is 0.341 e. The quantitative estimate of drug-likeness (QED) is 0.831. The molecular formula is C9H6Cl2O4. The zero-order chi connectivity index (χ0) is 11.4. The summed E-state index contributed by atoms with van der Waals surface area (Å²) in [6, 6.07) is 2.62. The van der Waals surface area contributed by atoms with Crippen LogP contribution in [-0.2, 0) is 4.79 Å². The van der Waals surface area contributed by atoms with E-state index in [1.54, 1.807) is 0 Å². The van der Waals surface area contributed by atoms with Crippen LogP contribution in [0.5, 0.6) is 5.75 Å². The van der Waals surface area contributed by atoms with E-state index in [4.69, 9.17) is 33.0 Å². The Labute approximate surface area is 95.4 Å². The highest BCUT2D eigenvalue weighted by atomic mass is 35.5. The number of hydrogen-bond donors (Lipinski definition) is 1. The van der Waals surface area contributed by atoms with Crippen LogP contribution in [0, 0.1) is 0 Å². The van der Waals surface area contributed by atoms with Crippen LogP contribution in [0.2, 0.25) is 10.0 Å². The van der Waals surface area contributed by atoms with E-state index in [1.807, 2.05) is 0 Å². The minimum absolute atomic E-state index is 0.116. The van der Waals surface area contributed by atoms with Crippen molar-refractivity contribution >= 4 is 35.5 Å². The van der Waals surface area contributed by atoms with Crippen molar-refractivity contribution in [2.24, 2.45) is 0 Å². The molecule has 1 aromatic carbocycles. The van der Waals surface area contributed by atoms with Crippen molar-refractivity contribution in [3.05, 3.63) is 27.7 Å². The van der Waals surface area contributed by atoms with Crippen molar-refractivity contribution in [3.8, 4) is 5.75 Å². The lowest BCUT2D eigenvalue weighted by atomic mass is 10.2. The highest BCUT2D eigenvalue weighted by Crippen LogP contribution is 2.30. The molecule has 15 heavy (non-hydrogen) atoms. The standard InChI is InChI=1S/C9H6Cl2O4/c10-6-2-7(11)8(1-5(6)3-12)15-4-9(13)14/h1-3H,4H2,(H,13,14). The van der Waals surface area contributed by atoms with Crippen molar-refractivity contribution in [1.82, 2.24) is 0 Å². The van der Waals surface area contributed by atoms with Crippen molar-refractivity contribution in [3.63, 3.8) is 0 Å². The fourth-order valence-electron chi connectivity index (χ4n) is 0.885. The maximum atomic E-state index is 10.5. The summed E-state index contributed by atoms with van der Waals surface area (Å²) in [7, 11) is 0. The molecule has 0 radical (unpaired) electrons. The first-order chi connectivity index (χ1) is 7.04. The number of halogens is 2. The summed E-state index contributed by atoms with van der Waals surface area (Å²) in [5.74, 6) is -1.01. The number of carbonyl (C=O) groups is 2. The molecule has 0 fully saturated rings. The van der Waals surface area contributed by atoms with Crippen LogP contribution in [-0.4, -0.2) is 24.0 Å². The molecule has 0 aromatic heterocycles. The van der Waals surface area contributed by atoms with Crippen molar-refractivity contribution in [2.75, 3.05) is 6.61 Å². The van der Waals surface area contributed by atoms with Gasteiger partial charge in [0.25, 0.3) is 0 Å². The Morgan fingerprint density at radius 3 is 2.60 bits per heavy atom. The maximum absolute atomic E-state index is 10.5. The van der Waals surface area contributed by atoms with Gasteiger partial charge in [0.05, 0.1) is 10.0 Å². The highest BCUT2D eigenvalue weighted by molar-refractivity contribution is 6.37. The lowest BCUT2D eigenvalue weighted by molar-refractivity contribution is -0.139. The Bertz CT molecular complexity index is 403. The molecule has 0 aliphatic carbocycles. The third-order valence-corrected chi connectivity index (χ3v) is 2.15.